The quantitative estimate of drug-likeness (QED) is 0.300. The third-order valence-corrected chi connectivity index (χ3v) is 9.93. The van der Waals surface area contributed by atoms with Gasteiger partial charge in [-0.15, -0.1) is 0 Å². The average molecular weight is 662 g/mol. The maximum Gasteiger partial charge on any atom is 0.408 e. The Labute approximate surface area is 279 Å². The van der Waals surface area contributed by atoms with E-state index in [0.717, 1.165) is 42.3 Å². The summed E-state index contributed by atoms with van der Waals surface area (Å²) in [6.07, 6.45) is -1.15. The number of rotatable bonds is 7. The molecule has 0 saturated carbocycles. The number of hydrogen-bond acceptors (Lipinski definition) is 8. The van der Waals surface area contributed by atoms with Gasteiger partial charge >= 0.3 is 12.2 Å². The number of likely N-dealkylation sites (tertiary alicyclic amines) is 1. The van der Waals surface area contributed by atoms with Gasteiger partial charge in [0.05, 0.1) is 37.4 Å². The zero-order chi connectivity index (χ0) is 34.0. The number of carbonyl (C=O) groups excluding carboxylic acids is 1. The Morgan fingerprint density at radius 3 is 2.65 bits per heavy atom. The summed E-state index contributed by atoms with van der Waals surface area (Å²) < 4.78 is 51.2. The van der Waals surface area contributed by atoms with Crippen LogP contribution in [0.15, 0.2) is 49.1 Å². The smallest absolute Gasteiger partial charge is 0.408 e. The Balaban J connectivity index is 1.43. The second-order valence-corrected chi connectivity index (χ2v) is 13.2. The number of piperidine rings is 1. The van der Waals surface area contributed by atoms with E-state index in [4.69, 9.17) is 14.7 Å². The molecular formula is C36H42F3N7O2. The molecule has 0 radical (unpaired) electrons. The fraction of sp³-hybridized carbons (Fsp3) is 0.500. The number of aromatic nitrogens is 2. The molecule has 0 spiro atoms. The summed E-state index contributed by atoms with van der Waals surface area (Å²) in [5.41, 5.74) is 2.55. The average Bonchev–Trinajstić information content (AvgIpc) is 3.27. The van der Waals surface area contributed by atoms with Gasteiger partial charge < -0.3 is 24.3 Å². The van der Waals surface area contributed by atoms with Gasteiger partial charge in [0.2, 0.25) is 5.91 Å². The molecule has 3 aliphatic rings. The molecule has 3 aliphatic heterocycles. The summed E-state index contributed by atoms with van der Waals surface area (Å²) in [5.74, 6) is 0.543. The molecule has 0 bridgehead atoms. The van der Waals surface area contributed by atoms with Crippen LogP contribution in [0.4, 0.5) is 24.7 Å². The molecule has 4 heterocycles. The van der Waals surface area contributed by atoms with E-state index in [0.29, 0.717) is 49.0 Å². The Bertz CT molecular complexity index is 1700. The molecule has 0 N–H and O–H groups in total. The number of ether oxygens (including phenoxy) is 1. The third-order valence-electron chi connectivity index (χ3n) is 9.93. The van der Waals surface area contributed by atoms with Crippen LogP contribution in [0.1, 0.15) is 42.5 Å². The summed E-state index contributed by atoms with van der Waals surface area (Å²) in [7, 11) is 2.08. The predicted octanol–water partition coefficient (Wildman–Crippen LogP) is 5.66. The second kappa shape index (κ2) is 14.0. The van der Waals surface area contributed by atoms with Gasteiger partial charge in [0.1, 0.15) is 11.9 Å². The number of halogens is 3. The molecule has 3 atom stereocenters. The maximum atomic E-state index is 15.0. The minimum absolute atomic E-state index is 0.0818. The van der Waals surface area contributed by atoms with Gasteiger partial charge in [-0.2, -0.15) is 28.4 Å². The second-order valence-electron chi connectivity index (χ2n) is 13.2. The van der Waals surface area contributed by atoms with Crippen LogP contribution in [-0.2, 0) is 17.8 Å². The lowest BCUT2D eigenvalue weighted by Gasteiger charge is -2.41. The molecular weight excluding hydrogens is 619 g/mol. The third kappa shape index (κ3) is 6.92. The van der Waals surface area contributed by atoms with Gasteiger partial charge in [0, 0.05) is 48.7 Å². The number of fused-ring (bicyclic) bond motifs is 2. The van der Waals surface area contributed by atoms with E-state index in [2.05, 4.69) is 24.6 Å². The molecule has 2 saturated heterocycles. The van der Waals surface area contributed by atoms with Crippen LogP contribution in [0.25, 0.3) is 10.8 Å². The van der Waals surface area contributed by atoms with Crippen molar-refractivity contribution in [3.05, 3.63) is 65.9 Å². The van der Waals surface area contributed by atoms with E-state index in [1.807, 2.05) is 36.1 Å². The number of carbonyl (C=O) groups is 1. The van der Waals surface area contributed by atoms with Gasteiger partial charge in [0.25, 0.3) is 0 Å². The first-order chi connectivity index (χ1) is 23.1. The van der Waals surface area contributed by atoms with Crippen molar-refractivity contribution in [1.29, 1.82) is 5.26 Å². The summed E-state index contributed by atoms with van der Waals surface area (Å²) in [6.45, 7) is 8.79. The van der Waals surface area contributed by atoms with Gasteiger partial charge in [-0.3, -0.25) is 4.79 Å². The fourth-order valence-electron chi connectivity index (χ4n) is 7.59. The summed E-state index contributed by atoms with van der Waals surface area (Å²) in [5, 5.41) is 11.2. The zero-order valence-electron chi connectivity index (χ0n) is 27.5. The molecule has 0 aliphatic carbocycles. The Morgan fingerprint density at radius 1 is 1.12 bits per heavy atom. The first-order valence-corrected chi connectivity index (χ1v) is 16.6. The lowest BCUT2D eigenvalue weighted by molar-refractivity contribution is -0.150. The lowest BCUT2D eigenvalue weighted by Crippen LogP contribution is -2.55. The van der Waals surface area contributed by atoms with E-state index >= 15 is 0 Å². The van der Waals surface area contributed by atoms with Crippen LogP contribution in [0.3, 0.4) is 0 Å². The molecule has 1 aromatic heterocycles. The first kappa shape index (κ1) is 33.5. The summed E-state index contributed by atoms with van der Waals surface area (Å²) in [4.78, 5) is 29.6. The predicted molar refractivity (Wildman–Crippen MR) is 179 cm³/mol. The van der Waals surface area contributed by atoms with Gasteiger partial charge in [-0.25, -0.2) is 0 Å². The van der Waals surface area contributed by atoms with Gasteiger partial charge in [-0.1, -0.05) is 36.9 Å². The Kier molecular flexibility index (Phi) is 9.78. The molecule has 254 valence electrons. The van der Waals surface area contributed by atoms with E-state index < -0.39 is 18.3 Å². The van der Waals surface area contributed by atoms with E-state index in [1.165, 1.54) is 11.0 Å². The number of anilines is 2. The number of alkyl halides is 3. The van der Waals surface area contributed by atoms with Crippen LogP contribution in [0.5, 0.6) is 6.01 Å². The van der Waals surface area contributed by atoms with Crippen LogP contribution < -0.4 is 14.5 Å². The number of benzene rings is 2. The molecule has 6 rings (SSSR count). The SMILES string of the molecule is C=CC(=O)N1CCN(c2nc(OC[C@@H]3CCCN(C)C3)nc3c2CC[C@H](C(F)(F)F)N(c2cccc4cccc(C)c24)C3)C[C@@H]1CC#N. The highest BCUT2D eigenvalue weighted by molar-refractivity contribution is 5.97. The number of piperazine rings is 1. The molecule has 1 amide bonds. The van der Waals surface area contributed by atoms with E-state index in [9.17, 15) is 23.2 Å². The van der Waals surface area contributed by atoms with Crippen molar-refractivity contribution < 1.29 is 22.7 Å². The van der Waals surface area contributed by atoms with Crippen molar-refractivity contribution in [1.82, 2.24) is 19.8 Å². The number of nitrogens with zero attached hydrogens (tertiary/aromatic N) is 7. The van der Waals surface area contributed by atoms with Crippen LogP contribution in [0, 0.1) is 24.2 Å². The monoisotopic (exact) mass is 661 g/mol. The number of amides is 1. The molecule has 2 fully saturated rings. The minimum atomic E-state index is -4.50. The standard InChI is InChI=1S/C36H42F3N7O2/c1-4-32(47)45-19-18-44(21-27(45)15-16-40)34-28-13-14-31(36(37,38)39)46(30-12-6-11-26-10-5-8-24(2)33(26)30)22-29(28)41-35(42-34)48-23-25-9-7-17-43(3)20-25/h4-6,8,10-12,25,27,31H,1,7,9,13-15,17-23H2,2-3H3/t25-,27+,31-/m1/s1. The Hall–Kier alpha value is -4.37. The van der Waals surface area contributed by atoms with Crippen molar-refractivity contribution in [3.63, 3.8) is 0 Å². The molecule has 12 heteroatoms. The van der Waals surface area contributed by atoms with Crippen molar-refractivity contribution in [3.8, 4) is 12.1 Å². The lowest BCUT2D eigenvalue weighted by atomic mass is 10.00. The maximum absolute atomic E-state index is 15.0. The van der Waals surface area contributed by atoms with Crippen LogP contribution in [0.2, 0.25) is 0 Å². The topological polar surface area (TPSA) is 88.8 Å². The minimum Gasteiger partial charge on any atom is -0.463 e. The highest BCUT2D eigenvalue weighted by Crippen LogP contribution is 2.41. The van der Waals surface area contributed by atoms with Gasteiger partial charge in [0.15, 0.2) is 0 Å². The molecule has 9 nitrogen and oxygen atoms in total. The van der Waals surface area contributed by atoms with Crippen molar-refractivity contribution in [2.75, 3.05) is 56.2 Å². The Morgan fingerprint density at radius 2 is 1.92 bits per heavy atom. The van der Waals surface area contributed by atoms with Crippen LogP contribution in [-0.4, -0.2) is 90.3 Å². The van der Waals surface area contributed by atoms with E-state index in [1.54, 1.807) is 17.0 Å². The molecule has 0 unspecified atom stereocenters. The normalized spacial score (nSPS) is 22.2. The number of hydrogen-bond donors (Lipinski definition) is 0. The van der Waals surface area contributed by atoms with Crippen LogP contribution >= 0.6 is 0 Å². The molecule has 2 aromatic carbocycles. The van der Waals surface area contributed by atoms with E-state index in [-0.39, 0.29) is 43.6 Å². The summed E-state index contributed by atoms with van der Waals surface area (Å²) >= 11 is 0. The highest BCUT2D eigenvalue weighted by atomic mass is 19.4. The van der Waals surface area contributed by atoms with Crippen molar-refractivity contribution >= 4 is 28.2 Å². The largest absolute Gasteiger partial charge is 0.463 e. The number of aryl methyl sites for hydroxylation is 1. The molecule has 3 aromatic rings. The first-order valence-electron chi connectivity index (χ1n) is 16.6. The van der Waals surface area contributed by atoms with Crippen molar-refractivity contribution in [2.24, 2.45) is 5.92 Å². The summed E-state index contributed by atoms with van der Waals surface area (Å²) in [6, 6.07) is 11.4. The van der Waals surface area contributed by atoms with Crippen molar-refractivity contribution in [2.45, 2.75) is 63.8 Å². The number of nitriles is 1. The molecule has 48 heavy (non-hydrogen) atoms. The zero-order valence-corrected chi connectivity index (χ0v) is 27.5. The highest BCUT2D eigenvalue weighted by Gasteiger charge is 2.46. The van der Waals surface area contributed by atoms with Gasteiger partial charge in [-0.05, 0) is 69.3 Å². The fourth-order valence-corrected chi connectivity index (χ4v) is 7.59.